The van der Waals surface area contributed by atoms with Crippen molar-refractivity contribution in [2.75, 3.05) is 25.1 Å². The van der Waals surface area contributed by atoms with Gasteiger partial charge in [-0.2, -0.15) is 0 Å². The van der Waals surface area contributed by atoms with Gasteiger partial charge in [-0.3, -0.25) is 4.79 Å². The number of hydrogen-bond acceptors (Lipinski definition) is 4. The molecule has 2 aliphatic heterocycles. The van der Waals surface area contributed by atoms with Crippen LogP contribution >= 0.6 is 0 Å². The highest BCUT2D eigenvalue weighted by Gasteiger charge is 2.22. The SMILES string of the molecule is O=C1CCNc2cc3c(cc21)OCCO3. The first-order valence-electron chi connectivity index (χ1n) is 5.05. The molecule has 0 aliphatic carbocycles. The number of carbonyl (C=O) groups excluding carboxylic acids is 1. The van der Waals surface area contributed by atoms with Gasteiger partial charge in [0.1, 0.15) is 13.2 Å². The maximum Gasteiger partial charge on any atom is 0.166 e. The van der Waals surface area contributed by atoms with Crippen LogP contribution in [0.25, 0.3) is 0 Å². The average molecular weight is 205 g/mol. The molecule has 1 aromatic rings. The van der Waals surface area contributed by atoms with Gasteiger partial charge >= 0.3 is 0 Å². The Balaban J connectivity index is 2.12. The van der Waals surface area contributed by atoms with Crippen LogP contribution in [0.1, 0.15) is 16.8 Å². The zero-order chi connectivity index (χ0) is 10.3. The molecule has 2 aliphatic rings. The second kappa shape index (κ2) is 3.15. The van der Waals surface area contributed by atoms with E-state index in [2.05, 4.69) is 5.32 Å². The van der Waals surface area contributed by atoms with Gasteiger partial charge in [0.15, 0.2) is 17.3 Å². The lowest BCUT2D eigenvalue weighted by atomic mass is 10.0. The lowest BCUT2D eigenvalue weighted by Gasteiger charge is -2.23. The molecule has 15 heavy (non-hydrogen) atoms. The fraction of sp³-hybridized carbons (Fsp3) is 0.364. The van der Waals surface area contributed by atoms with E-state index >= 15 is 0 Å². The number of benzene rings is 1. The highest BCUT2D eigenvalue weighted by molar-refractivity contribution is 6.03. The predicted molar refractivity (Wildman–Crippen MR) is 54.9 cm³/mol. The van der Waals surface area contributed by atoms with Crippen LogP contribution in [0.4, 0.5) is 5.69 Å². The van der Waals surface area contributed by atoms with Crippen LogP contribution in [0.15, 0.2) is 12.1 Å². The minimum atomic E-state index is 0.167. The second-order valence-corrected chi connectivity index (χ2v) is 3.64. The van der Waals surface area contributed by atoms with Gasteiger partial charge in [0.25, 0.3) is 0 Å². The van der Waals surface area contributed by atoms with Crippen LogP contribution in [-0.4, -0.2) is 25.5 Å². The van der Waals surface area contributed by atoms with Gasteiger partial charge in [0, 0.05) is 30.3 Å². The van der Waals surface area contributed by atoms with Gasteiger partial charge in [0.05, 0.1) is 0 Å². The van der Waals surface area contributed by atoms with Crippen molar-refractivity contribution >= 4 is 11.5 Å². The Morgan fingerprint density at radius 1 is 1.13 bits per heavy atom. The number of Topliss-reactive ketones (excluding diaryl/α,β-unsaturated/α-hetero) is 1. The van der Waals surface area contributed by atoms with Gasteiger partial charge in [-0.25, -0.2) is 0 Å². The lowest BCUT2D eigenvalue weighted by molar-refractivity contribution is 0.0982. The maximum atomic E-state index is 11.6. The first-order valence-corrected chi connectivity index (χ1v) is 5.05. The van der Waals surface area contributed by atoms with Crippen LogP contribution < -0.4 is 14.8 Å². The Labute approximate surface area is 87.2 Å². The van der Waals surface area contributed by atoms with Gasteiger partial charge in [-0.15, -0.1) is 0 Å². The smallest absolute Gasteiger partial charge is 0.166 e. The predicted octanol–water partition coefficient (Wildman–Crippen LogP) is 1.46. The zero-order valence-corrected chi connectivity index (χ0v) is 8.21. The third kappa shape index (κ3) is 1.33. The van der Waals surface area contributed by atoms with Crippen molar-refractivity contribution in [1.29, 1.82) is 0 Å². The van der Waals surface area contributed by atoms with E-state index in [1.54, 1.807) is 6.07 Å². The Morgan fingerprint density at radius 3 is 2.67 bits per heavy atom. The Hall–Kier alpha value is -1.71. The van der Waals surface area contributed by atoms with Gasteiger partial charge < -0.3 is 14.8 Å². The molecule has 2 heterocycles. The summed E-state index contributed by atoms with van der Waals surface area (Å²) in [4.78, 5) is 11.6. The number of carbonyl (C=O) groups is 1. The summed E-state index contributed by atoms with van der Waals surface area (Å²) in [7, 11) is 0. The number of nitrogens with one attached hydrogen (secondary N) is 1. The summed E-state index contributed by atoms with van der Waals surface area (Å²) < 4.78 is 10.9. The summed E-state index contributed by atoms with van der Waals surface area (Å²) in [6, 6.07) is 3.62. The molecule has 0 amide bonds. The number of hydrogen-bond donors (Lipinski definition) is 1. The Morgan fingerprint density at radius 2 is 1.87 bits per heavy atom. The Kier molecular flexibility index (Phi) is 1.80. The summed E-state index contributed by atoms with van der Waals surface area (Å²) in [6.07, 6.45) is 0.548. The highest BCUT2D eigenvalue weighted by Crippen LogP contribution is 2.37. The van der Waals surface area contributed by atoms with Gasteiger partial charge in [0.2, 0.25) is 0 Å². The summed E-state index contributed by atoms with van der Waals surface area (Å²) in [5.74, 6) is 1.57. The van der Waals surface area contributed by atoms with E-state index in [4.69, 9.17) is 9.47 Å². The summed E-state index contributed by atoms with van der Waals surface area (Å²) >= 11 is 0. The van der Waals surface area contributed by atoms with E-state index in [9.17, 15) is 4.79 Å². The molecule has 0 spiro atoms. The lowest BCUT2D eigenvalue weighted by Crippen LogP contribution is -2.20. The fourth-order valence-corrected chi connectivity index (χ4v) is 1.91. The molecule has 0 bridgehead atoms. The molecule has 1 N–H and O–H groups in total. The molecule has 0 aromatic heterocycles. The first-order chi connectivity index (χ1) is 7.34. The molecular weight excluding hydrogens is 194 g/mol. The molecule has 0 fully saturated rings. The van der Waals surface area contributed by atoms with E-state index in [1.165, 1.54) is 0 Å². The van der Waals surface area contributed by atoms with Crippen LogP contribution in [0.3, 0.4) is 0 Å². The zero-order valence-electron chi connectivity index (χ0n) is 8.21. The van der Waals surface area contributed by atoms with Crippen LogP contribution in [0.5, 0.6) is 11.5 Å². The number of ketones is 1. The molecule has 1 aromatic carbocycles. The van der Waals surface area contributed by atoms with Crippen molar-refractivity contribution in [1.82, 2.24) is 0 Å². The third-order valence-corrected chi connectivity index (χ3v) is 2.65. The van der Waals surface area contributed by atoms with Crippen molar-refractivity contribution in [3.8, 4) is 11.5 Å². The van der Waals surface area contributed by atoms with E-state index < -0.39 is 0 Å². The fourth-order valence-electron chi connectivity index (χ4n) is 1.91. The van der Waals surface area contributed by atoms with E-state index in [1.807, 2.05) is 6.07 Å². The molecule has 4 nitrogen and oxygen atoms in total. The highest BCUT2D eigenvalue weighted by atomic mass is 16.6. The summed E-state index contributed by atoms with van der Waals surface area (Å²) in [6.45, 7) is 1.82. The monoisotopic (exact) mass is 205 g/mol. The van der Waals surface area contributed by atoms with E-state index in [-0.39, 0.29) is 5.78 Å². The van der Waals surface area contributed by atoms with E-state index in [0.29, 0.717) is 37.5 Å². The molecule has 0 saturated carbocycles. The average Bonchev–Trinajstić information content (AvgIpc) is 2.27. The summed E-state index contributed by atoms with van der Waals surface area (Å²) in [5.41, 5.74) is 1.57. The molecule has 0 unspecified atom stereocenters. The molecular formula is C11H11NO3. The van der Waals surface area contributed by atoms with Crippen molar-refractivity contribution in [2.45, 2.75) is 6.42 Å². The standard InChI is InChI=1S/C11H11NO3/c13-9-1-2-12-8-6-11-10(5-7(8)9)14-3-4-15-11/h5-6,12H,1-4H2. The van der Waals surface area contributed by atoms with Crippen molar-refractivity contribution in [3.63, 3.8) is 0 Å². The molecule has 0 saturated heterocycles. The minimum absolute atomic E-state index is 0.167. The minimum Gasteiger partial charge on any atom is -0.486 e. The number of fused-ring (bicyclic) bond motifs is 2. The summed E-state index contributed by atoms with van der Waals surface area (Å²) in [5, 5.41) is 3.19. The second-order valence-electron chi connectivity index (χ2n) is 3.64. The molecule has 4 heteroatoms. The van der Waals surface area contributed by atoms with Crippen LogP contribution in [0, 0.1) is 0 Å². The van der Waals surface area contributed by atoms with Crippen molar-refractivity contribution in [2.24, 2.45) is 0 Å². The molecule has 78 valence electrons. The van der Waals surface area contributed by atoms with Gasteiger partial charge in [-0.1, -0.05) is 0 Å². The largest absolute Gasteiger partial charge is 0.486 e. The molecule has 0 atom stereocenters. The Bertz CT molecular complexity index is 428. The topological polar surface area (TPSA) is 47.6 Å². The van der Waals surface area contributed by atoms with Crippen molar-refractivity contribution < 1.29 is 14.3 Å². The van der Waals surface area contributed by atoms with Gasteiger partial charge in [-0.05, 0) is 6.07 Å². The molecule has 0 radical (unpaired) electrons. The maximum absolute atomic E-state index is 11.6. The van der Waals surface area contributed by atoms with Crippen molar-refractivity contribution in [3.05, 3.63) is 17.7 Å². The van der Waals surface area contributed by atoms with Crippen LogP contribution in [0.2, 0.25) is 0 Å². The number of ether oxygens (including phenoxy) is 2. The van der Waals surface area contributed by atoms with Crippen LogP contribution in [-0.2, 0) is 0 Å². The first kappa shape index (κ1) is 8.59. The van der Waals surface area contributed by atoms with E-state index in [0.717, 1.165) is 11.4 Å². The number of rotatable bonds is 0. The molecule has 3 rings (SSSR count). The third-order valence-electron chi connectivity index (χ3n) is 2.65. The quantitative estimate of drug-likeness (QED) is 0.696. The number of anilines is 1. The normalized spacial score (nSPS) is 18.0.